The standard InChI is InChI=1S/C10H5BrF6/c11-7-4-2-1-3-6(7)5-8(9(12,13)14)10(15,16)17/h1-5H. The third-order valence-electron chi connectivity index (χ3n) is 1.82. The van der Waals surface area contributed by atoms with Crippen molar-refractivity contribution in [3.63, 3.8) is 0 Å². The zero-order valence-corrected chi connectivity index (χ0v) is 9.62. The van der Waals surface area contributed by atoms with Crippen molar-refractivity contribution in [1.82, 2.24) is 0 Å². The monoisotopic (exact) mass is 318 g/mol. The van der Waals surface area contributed by atoms with Crippen LogP contribution in [0.15, 0.2) is 34.3 Å². The Morgan fingerprint density at radius 3 is 1.82 bits per heavy atom. The van der Waals surface area contributed by atoms with Crippen molar-refractivity contribution in [1.29, 1.82) is 0 Å². The number of alkyl halides is 6. The van der Waals surface area contributed by atoms with Gasteiger partial charge in [-0.25, -0.2) is 0 Å². The lowest BCUT2D eigenvalue weighted by molar-refractivity contribution is -0.170. The lowest BCUT2D eigenvalue weighted by atomic mass is 10.1. The molecule has 0 unspecified atom stereocenters. The van der Waals surface area contributed by atoms with Gasteiger partial charge in [0.05, 0.1) is 0 Å². The fraction of sp³-hybridized carbons (Fsp3) is 0.200. The first kappa shape index (κ1) is 14.1. The molecule has 17 heavy (non-hydrogen) atoms. The predicted octanol–water partition coefficient (Wildman–Crippen LogP) is 4.96. The van der Waals surface area contributed by atoms with Gasteiger partial charge in [-0.3, -0.25) is 0 Å². The first-order valence-electron chi connectivity index (χ1n) is 4.23. The van der Waals surface area contributed by atoms with Crippen LogP contribution in [0, 0.1) is 0 Å². The Kier molecular flexibility index (Phi) is 3.91. The maximum atomic E-state index is 12.2. The van der Waals surface area contributed by atoms with Crippen LogP contribution >= 0.6 is 15.9 Å². The van der Waals surface area contributed by atoms with Gasteiger partial charge in [-0.1, -0.05) is 34.1 Å². The maximum absolute atomic E-state index is 12.2. The van der Waals surface area contributed by atoms with Crippen molar-refractivity contribution >= 4 is 22.0 Å². The highest BCUT2D eigenvalue weighted by Crippen LogP contribution is 2.40. The predicted molar refractivity (Wildman–Crippen MR) is 54.2 cm³/mol. The second-order valence-corrected chi connectivity index (χ2v) is 3.93. The zero-order chi connectivity index (χ0) is 13.3. The van der Waals surface area contributed by atoms with Crippen molar-refractivity contribution in [3.8, 4) is 0 Å². The van der Waals surface area contributed by atoms with Crippen LogP contribution < -0.4 is 0 Å². The first-order chi connectivity index (χ1) is 7.62. The van der Waals surface area contributed by atoms with E-state index in [1.165, 1.54) is 18.2 Å². The largest absolute Gasteiger partial charge is 0.421 e. The molecule has 1 aromatic rings. The van der Waals surface area contributed by atoms with Crippen LogP contribution in [-0.4, -0.2) is 12.4 Å². The average Bonchev–Trinajstić information content (AvgIpc) is 2.12. The molecule has 0 heterocycles. The van der Waals surface area contributed by atoms with Crippen LogP contribution in [0.25, 0.3) is 6.08 Å². The second-order valence-electron chi connectivity index (χ2n) is 3.08. The summed E-state index contributed by atoms with van der Waals surface area (Å²) < 4.78 is 73.5. The van der Waals surface area contributed by atoms with Crippen LogP contribution in [0.4, 0.5) is 26.3 Å². The molecule has 0 aliphatic rings. The molecule has 0 aromatic heterocycles. The number of hydrogen-bond donors (Lipinski definition) is 0. The normalized spacial score (nSPS) is 12.4. The quantitative estimate of drug-likeness (QED) is 0.642. The summed E-state index contributed by atoms with van der Waals surface area (Å²) in [5.74, 6) is 0. The molecule has 0 nitrogen and oxygen atoms in total. The number of hydrogen-bond acceptors (Lipinski definition) is 0. The van der Waals surface area contributed by atoms with E-state index in [0.717, 1.165) is 6.07 Å². The summed E-state index contributed by atoms with van der Waals surface area (Å²) in [6.45, 7) is 0. The molecule has 1 aromatic carbocycles. The van der Waals surface area contributed by atoms with Crippen molar-refractivity contribution in [2.75, 3.05) is 0 Å². The van der Waals surface area contributed by atoms with E-state index in [2.05, 4.69) is 15.9 Å². The van der Waals surface area contributed by atoms with Crippen LogP contribution in [0.2, 0.25) is 0 Å². The van der Waals surface area contributed by atoms with E-state index in [-0.39, 0.29) is 16.1 Å². The molecule has 0 atom stereocenters. The minimum absolute atomic E-state index is 0.0735. The molecular weight excluding hydrogens is 314 g/mol. The molecule has 0 saturated carbocycles. The number of allylic oxidation sites excluding steroid dienone is 1. The lowest BCUT2D eigenvalue weighted by Crippen LogP contribution is -2.25. The van der Waals surface area contributed by atoms with Gasteiger partial charge in [-0.15, -0.1) is 0 Å². The van der Waals surface area contributed by atoms with Gasteiger partial charge < -0.3 is 0 Å². The maximum Gasteiger partial charge on any atom is 0.421 e. The minimum atomic E-state index is -5.44. The smallest absolute Gasteiger partial charge is 0.166 e. The molecule has 0 aliphatic carbocycles. The second kappa shape index (κ2) is 4.72. The van der Waals surface area contributed by atoms with Gasteiger partial charge in [0.15, 0.2) is 0 Å². The fourth-order valence-corrected chi connectivity index (χ4v) is 1.47. The van der Waals surface area contributed by atoms with Crippen LogP contribution in [0.3, 0.4) is 0 Å². The van der Waals surface area contributed by atoms with E-state index in [1.807, 2.05) is 0 Å². The topological polar surface area (TPSA) is 0 Å². The Labute approximate surface area is 101 Å². The molecule has 0 fully saturated rings. The van der Waals surface area contributed by atoms with Crippen LogP contribution in [0.5, 0.6) is 0 Å². The molecule has 0 bridgehead atoms. The van der Waals surface area contributed by atoms with E-state index in [9.17, 15) is 26.3 Å². The van der Waals surface area contributed by atoms with Crippen molar-refractivity contribution in [2.45, 2.75) is 12.4 Å². The molecule has 94 valence electrons. The molecule has 0 saturated heterocycles. The van der Waals surface area contributed by atoms with Gasteiger partial charge in [0, 0.05) is 4.47 Å². The lowest BCUT2D eigenvalue weighted by Gasteiger charge is -2.15. The summed E-state index contributed by atoms with van der Waals surface area (Å²) in [6.07, 6.45) is -10.8. The molecule has 0 N–H and O–H groups in total. The van der Waals surface area contributed by atoms with E-state index in [0.29, 0.717) is 0 Å². The Bertz CT molecular complexity index is 413. The van der Waals surface area contributed by atoms with Crippen molar-refractivity contribution in [3.05, 3.63) is 39.9 Å². The van der Waals surface area contributed by atoms with E-state index in [4.69, 9.17) is 0 Å². The summed E-state index contributed by atoms with van der Waals surface area (Å²) in [5.41, 5.74) is -2.71. The highest BCUT2D eigenvalue weighted by molar-refractivity contribution is 9.10. The summed E-state index contributed by atoms with van der Waals surface area (Å²) >= 11 is 2.88. The molecule has 7 heteroatoms. The highest BCUT2D eigenvalue weighted by Gasteiger charge is 2.50. The zero-order valence-electron chi connectivity index (χ0n) is 8.03. The Hall–Kier alpha value is -0.980. The van der Waals surface area contributed by atoms with Crippen molar-refractivity contribution < 1.29 is 26.3 Å². The van der Waals surface area contributed by atoms with Crippen molar-refractivity contribution in [2.24, 2.45) is 0 Å². The summed E-state index contributed by atoms with van der Waals surface area (Å²) in [7, 11) is 0. The first-order valence-corrected chi connectivity index (χ1v) is 5.02. The summed E-state index contributed by atoms with van der Waals surface area (Å²) in [6, 6.07) is 5.35. The van der Waals surface area contributed by atoms with E-state index >= 15 is 0 Å². The van der Waals surface area contributed by atoms with Crippen LogP contribution in [-0.2, 0) is 0 Å². The van der Waals surface area contributed by atoms with Gasteiger partial charge in [-0.05, 0) is 17.7 Å². The number of rotatable bonds is 1. The Balaban J connectivity index is 3.30. The minimum Gasteiger partial charge on any atom is -0.166 e. The summed E-state index contributed by atoms with van der Waals surface area (Å²) in [5, 5.41) is 0. The molecule has 0 aliphatic heterocycles. The summed E-state index contributed by atoms with van der Waals surface area (Å²) in [4.78, 5) is 0. The molecular formula is C10H5BrF6. The Morgan fingerprint density at radius 2 is 1.41 bits per heavy atom. The van der Waals surface area contributed by atoms with Gasteiger partial charge >= 0.3 is 12.4 Å². The molecule has 0 spiro atoms. The number of halogens is 7. The molecule has 0 amide bonds. The van der Waals surface area contributed by atoms with Gasteiger partial charge in [-0.2, -0.15) is 26.3 Å². The van der Waals surface area contributed by atoms with Gasteiger partial charge in [0.25, 0.3) is 0 Å². The van der Waals surface area contributed by atoms with Gasteiger partial charge in [0.2, 0.25) is 0 Å². The third kappa shape index (κ3) is 3.76. The number of benzene rings is 1. The Morgan fingerprint density at radius 1 is 0.941 bits per heavy atom. The fourth-order valence-electron chi connectivity index (χ4n) is 1.07. The average molecular weight is 319 g/mol. The SMILES string of the molecule is FC(F)(F)C(=Cc1ccccc1Br)C(F)(F)F. The third-order valence-corrected chi connectivity index (χ3v) is 2.54. The molecule has 0 radical (unpaired) electrons. The highest BCUT2D eigenvalue weighted by atomic mass is 79.9. The van der Waals surface area contributed by atoms with Crippen LogP contribution in [0.1, 0.15) is 5.56 Å². The molecule has 1 rings (SSSR count). The van der Waals surface area contributed by atoms with Gasteiger partial charge in [0.1, 0.15) is 5.57 Å². The van der Waals surface area contributed by atoms with E-state index in [1.54, 1.807) is 0 Å². The van der Waals surface area contributed by atoms with E-state index < -0.39 is 17.9 Å².